The maximum absolute atomic E-state index is 13.3. The van der Waals surface area contributed by atoms with E-state index >= 15 is 0 Å². The predicted octanol–water partition coefficient (Wildman–Crippen LogP) is 6.54. The molecular formula is C28H23F3N2O3S. The smallest absolute Gasteiger partial charge is 0.416 e. The van der Waals surface area contributed by atoms with E-state index in [9.17, 15) is 18.0 Å². The van der Waals surface area contributed by atoms with Crippen LogP contribution in [0.15, 0.2) is 83.5 Å². The minimum absolute atomic E-state index is 0.151. The number of rotatable bonds is 7. The van der Waals surface area contributed by atoms with Crippen LogP contribution in [-0.2, 0) is 23.1 Å². The monoisotopic (exact) mass is 524 g/mol. The number of nitrogens with zero attached hydrogens (tertiary/aromatic N) is 2. The third-order valence-electron chi connectivity index (χ3n) is 5.92. The van der Waals surface area contributed by atoms with Crippen molar-refractivity contribution in [2.75, 3.05) is 13.3 Å². The second-order valence-corrected chi connectivity index (χ2v) is 9.51. The van der Waals surface area contributed by atoms with Gasteiger partial charge in [-0.15, -0.1) is 0 Å². The fourth-order valence-electron chi connectivity index (χ4n) is 4.07. The molecule has 0 spiro atoms. The lowest BCUT2D eigenvalue weighted by Crippen LogP contribution is -2.31. The highest BCUT2D eigenvalue weighted by Gasteiger charge is 2.32. The molecule has 2 heterocycles. The standard InChI is InChI=1S/C28H23F3N2O3S/c29-28(30,31)22-10-4-8-21(14-22)17-37-27-32-23(15-20-11-12-24-25(16-20)36-18-35-24)26(34)33(27)13-5-9-19-6-2-1-3-7-19/h1-4,6-8,10-12,14-16H,5,9,13,17-18H2/b23-15-. The number of alkyl halides is 3. The highest BCUT2D eigenvalue weighted by atomic mass is 32.2. The molecule has 1 amide bonds. The van der Waals surface area contributed by atoms with Gasteiger partial charge in [-0.05, 0) is 53.8 Å². The van der Waals surface area contributed by atoms with Gasteiger partial charge in [-0.25, -0.2) is 4.99 Å². The van der Waals surface area contributed by atoms with Crippen LogP contribution in [-0.4, -0.2) is 29.3 Å². The van der Waals surface area contributed by atoms with Crippen molar-refractivity contribution in [3.63, 3.8) is 0 Å². The number of halogens is 3. The first-order chi connectivity index (χ1) is 17.9. The minimum Gasteiger partial charge on any atom is -0.454 e. The summed E-state index contributed by atoms with van der Waals surface area (Å²) in [5.41, 5.74) is 1.99. The molecule has 0 radical (unpaired) electrons. The van der Waals surface area contributed by atoms with Crippen molar-refractivity contribution in [3.05, 3.63) is 101 Å². The lowest BCUT2D eigenvalue weighted by molar-refractivity contribution is -0.137. The maximum atomic E-state index is 13.3. The molecule has 3 aromatic rings. The van der Waals surface area contributed by atoms with E-state index in [0.717, 1.165) is 30.5 Å². The van der Waals surface area contributed by atoms with Gasteiger partial charge in [-0.2, -0.15) is 13.2 Å². The Labute approximate surface area is 216 Å². The Kier molecular flexibility index (Phi) is 7.23. The molecule has 2 aliphatic rings. The zero-order chi connectivity index (χ0) is 25.8. The molecule has 3 aromatic carbocycles. The predicted molar refractivity (Wildman–Crippen MR) is 137 cm³/mol. The quantitative estimate of drug-likeness (QED) is 0.330. The fraction of sp³-hybridized carbons (Fsp3) is 0.214. The Morgan fingerprint density at radius 3 is 2.54 bits per heavy atom. The molecule has 0 fully saturated rings. The minimum atomic E-state index is -4.41. The van der Waals surface area contributed by atoms with Gasteiger partial charge in [0.25, 0.3) is 5.91 Å². The lowest BCUT2D eigenvalue weighted by atomic mass is 10.1. The molecular weight excluding hydrogens is 501 g/mol. The number of hydrogen-bond acceptors (Lipinski definition) is 5. The van der Waals surface area contributed by atoms with Crippen LogP contribution in [0.1, 0.15) is 28.7 Å². The van der Waals surface area contributed by atoms with E-state index in [4.69, 9.17) is 9.47 Å². The lowest BCUT2D eigenvalue weighted by Gasteiger charge is -2.18. The van der Waals surface area contributed by atoms with Crippen LogP contribution in [0.25, 0.3) is 6.08 Å². The number of fused-ring (bicyclic) bond motifs is 1. The number of thioether (sulfide) groups is 1. The first kappa shape index (κ1) is 25.0. The summed E-state index contributed by atoms with van der Waals surface area (Å²) >= 11 is 1.25. The van der Waals surface area contributed by atoms with Crippen molar-refractivity contribution in [3.8, 4) is 11.5 Å². The van der Waals surface area contributed by atoms with Crippen LogP contribution < -0.4 is 9.47 Å². The summed E-state index contributed by atoms with van der Waals surface area (Å²) in [6.45, 7) is 0.596. The summed E-state index contributed by atoms with van der Waals surface area (Å²) in [4.78, 5) is 19.5. The number of carbonyl (C=O) groups is 1. The van der Waals surface area contributed by atoms with Crippen LogP contribution in [0, 0.1) is 0 Å². The zero-order valence-corrected chi connectivity index (χ0v) is 20.5. The second kappa shape index (κ2) is 10.7. The van der Waals surface area contributed by atoms with Crippen molar-refractivity contribution in [1.82, 2.24) is 4.90 Å². The third kappa shape index (κ3) is 5.99. The number of aliphatic imine (C=N–C) groups is 1. The molecule has 0 aliphatic carbocycles. The summed E-state index contributed by atoms with van der Waals surface area (Å²) in [7, 11) is 0. The van der Waals surface area contributed by atoms with E-state index in [-0.39, 0.29) is 24.2 Å². The summed E-state index contributed by atoms with van der Waals surface area (Å²) in [5.74, 6) is 1.26. The first-order valence-corrected chi connectivity index (χ1v) is 12.7. The van der Waals surface area contributed by atoms with Gasteiger partial charge in [-0.1, -0.05) is 66.4 Å². The topological polar surface area (TPSA) is 51.1 Å². The number of amides is 1. The Balaban J connectivity index is 1.35. The van der Waals surface area contributed by atoms with Crippen molar-refractivity contribution >= 4 is 28.9 Å². The molecule has 9 heteroatoms. The van der Waals surface area contributed by atoms with E-state index in [2.05, 4.69) is 4.99 Å². The van der Waals surface area contributed by atoms with Crippen molar-refractivity contribution in [1.29, 1.82) is 0 Å². The summed E-state index contributed by atoms with van der Waals surface area (Å²) < 4.78 is 50.2. The number of amidine groups is 1. The average molecular weight is 525 g/mol. The normalized spacial score (nSPS) is 16.0. The maximum Gasteiger partial charge on any atom is 0.416 e. The van der Waals surface area contributed by atoms with Gasteiger partial charge < -0.3 is 9.47 Å². The van der Waals surface area contributed by atoms with Gasteiger partial charge >= 0.3 is 6.18 Å². The van der Waals surface area contributed by atoms with Crippen LogP contribution in [0.5, 0.6) is 11.5 Å². The molecule has 0 bridgehead atoms. The Morgan fingerprint density at radius 1 is 0.946 bits per heavy atom. The van der Waals surface area contributed by atoms with Crippen LogP contribution in [0.2, 0.25) is 0 Å². The fourth-order valence-corrected chi connectivity index (χ4v) is 5.04. The summed E-state index contributed by atoms with van der Waals surface area (Å²) in [5, 5.41) is 0.475. The van der Waals surface area contributed by atoms with Gasteiger partial charge in [0, 0.05) is 12.3 Å². The third-order valence-corrected chi connectivity index (χ3v) is 6.97. The van der Waals surface area contributed by atoms with Gasteiger partial charge in [0.15, 0.2) is 16.7 Å². The summed E-state index contributed by atoms with van der Waals surface area (Å²) in [6, 6.07) is 20.6. The Hall–Kier alpha value is -3.72. The molecule has 0 unspecified atom stereocenters. The zero-order valence-electron chi connectivity index (χ0n) is 19.7. The van der Waals surface area contributed by atoms with Crippen LogP contribution >= 0.6 is 11.8 Å². The number of ether oxygens (including phenoxy) is 2. The number of hydrogen-bond donors (Lipinski definition) is 0. The highest BCUT2D eigenvalue weighted by molar-refractivity contribution is 8.13. The SMILES string of the molecule is O=C1/C(=C/c2ccc3c(c2)OCO3)N=C(SCc2cccc(C(F)(F)F)c2)N1CCCc1ccccc1. The van der Waals surface area contributed by atoms with Gasteiger partial charge in [0.05, 0.1) is 5.56 Å². The van der Waals surface area contributed by atoms with Gasteiger partial charge in [0.2, 0.25) is 6.79 Å². The molecule has 0 saturated carbocycles. The number of carbonyl (C=O) groups excluding carboxylic acids is 1. The highest BCUT2D eigenvalue weighted by Crippen LogP contribution is 2.35. The molecule has 190 valence electrons. The van der Waals surface area contributed by atoms with Crippen molar-refractivity contribution < 1.29 is 27.4 Å². The Bertz CT molecular complexity index is 1360. The molecule has 2 aliphatic heterocycles. The van der Waals surface area contributed by atoms with Gasteiger partial charge in [0.1, 0.15) is 5.70 Å². The van der Waals surface area contributed by atoms with Crippen molar-refractivity contribution in [2.24, 2.45) is 4.99 Å². The Morgan fingerprint density at radius 2 is 1.73 bits per heavy atom. The second-order valence-electron chi connectivity index (χ2n) is 8.57. The number of aryl methyl sites for hydroxylation is 1. The van der Waals surface area contributed by atoms with E-state index in [1.807, 2.05) is 36.4 Å². The van der Waals surface area contributed by atoms with E-state index in [0.29, 0.717) is 28.8 Å². The molecule has 5 rings (SSSR count). The summed E-state index contributed by atoms with van der Waals surface area (Å²) in [6.07, 6.45) is -1.22. The molecule has 0 N–H and O–H groups in total. The first-order valence-electron chi connectivity index (χ1n) is 11.7. The van der Waals surface area contributed by atoms with Crippen molar-refractivity contribution in [2.45, 2.75) is 24.8 Å². The largest absolute Gasteiger partial charge is 0.454 e. The molecule has 37 heavy (non-hydrogen) atoms. The average Bonchev–Trinajstić information content (AvgIpc) is 3.47. The molecule has 0 aromatic heterocycles. The van der Waals surface area contributed by atoms with E-state index in [1.54, 1.807) is 29.2 Å². The van der Waals surface area contributed by atoms with E-state index < -0.39 is 11.7 Å². The molecule has 0 atom stereocenters. The molecule has 0 saturated heterocycles. The van der Waals surface area contributed by atoms with Gasteiger partial charge in [-0.3, -0.25) is 9.69 Å². The van der Waals surface area contributed by atoms with Crippen LogP contribution in [0.4, 0.5) is 13.2 Å². The number of benzene rings is 3. The van der Waals surface area contributed by atoms with E-state index in [1.165, 1.54) is 23.4 Å². The molecule has 5 nitrogen and oxygen atoms in total. The van der Waals surface area contributed by atoms with Crippen LogP contribution in [0.3, 0.4) is 0 Å².